The molecule has 0 fully saturated rings. The topological polar surface area (TPSA) is 27.6 Å². The van der Waals surface area contributed by atoms with Gasteiger partial charge in [-0.15, -0.1) is 0 Å². The molecule has 18 heavy (non-hydrogen) atoms. The molecular weight excluding hydrogens is 242 g/mol. The Hall–Kier alpha value is -1.16. The maximum atomic E-state index is 4.70. The number of benzene rings is 1. The molecule has 1 aliphatic heterocycles. The Balaban J connectivity index is 2.00. The predicted octanol–water partition coefficient (Wildman–Crippen LogP) is 3.29. The fourth-order valence-electron chi connectivity index (χ4n) is 1.77. The predicted molar refractivity (Wildman–Crippen MR) is 82.9 cm³/mol. The quantitative estimate of drug-likeness (QED) is 0.907. The highest BCUT2D eigenvalue weighted by molar-refractivity contribution is 8.14. The van der Waals surface area contributed by atoms with Crippen LogP contribution in [0.2, 0.25) is 0 Å². The molecule has 0 bridgehead atoms. The summed E-state index contributed by atoms with van der Waals surface area (Å²) >= 11 is 1.81. The Morgan fingerprint density at radius 3 is 2.44 bits per heavy atom. The van der Waals surface area contributed by atoms with E-state index >= 15 is 0 Å². The zero-order valence-electron chi connectivity index (χ0n) is 11.5. The second kappa shape index (κ2) is 5.65. The Morgan fingerprint density at radius 2 is 1.94 bits per heavy atom. The summed E-state index contributed by atoms with van der Waals surface area (Å²) in [5, 5.41) is 4.43. The Bertz CT molecular complexity index is 423. The Kier molecular flexibility index (Phi) is 4.17. The van der Waals surface area contributed by atoms with Crippen LogP contribution in [0.4, 0.5) is 11.4 Å². The first-order chi connectivity index (χ1) is 8.56. The smallest absolute Gasteiger partial charge is 0.161 e. The van der Waals surface area contributed by atoms with Crippen LogP contribution in [0.3, 0.4) is 0 Å². The van der Waals surface area contributed by atoms with E-state index in [2.05, 4.69) is 48.3 Å². The van der Waals surface area contributed by atoms with E-state index in [0.29, 0.717) is 12.0 Å². The zero-order chi connectivity index (χ0) is 13.1. The number of rotatable bonds is 3. The number of hydrogen-bond donors (Lipinski definition) is 1. The van der Waals surface area contributed by atoms with Gasteiger partial charge in [0.1, 0.15) is 0 Å². The molecule has 1 aromatic rings. The molecule has 98 valence electrons. The average Bonchev–Trinajstić information content (AvgIpc) is 2.78. The van der Waals surface area contributed by atoms with Gasteiger partial charge >= 0.3 is 0 Å². The standard InChI is InChI=1S/C14H21N3S/c1-10(2)13-9-18-14(16-13)15-11-5-7-12(8-6-11)17(3)4/h5-8,10,13H,9H2,1-4H3,(H,15,16). The van der Waals surface area contributed by atoms with Crippen LogP contribution >= 0.6 is 11.8 Å². The van der Waals surface area contributed by atoms with E-state index in [4.69, 9.17) is 4.99 Å². The number of anilines is 2. The summed E-state index contributed by atoms with van der Waals surface area (Å²) in [7, 11) is 4.10. The first-order valence-electron chi connectivity index (χ1n) is 6.31. The molecule has 0 radical (unpaired) electrons. The van der Waals surface area contributed by atoms with Gasteiger partial charge in [-0.3, -0.25) is 4.99 Å². The van der Waals surface area contributed by atoms with Gasteiger partial charge in [-0.2, -0.15) is 0 Å². The SMILES string of the molecule is CC(C)C1CSC(Nc2ccc(N(C)C)cc2)=N1. The maximum absolute atomic E-state index is 4.70. The summed E-state index contributed by atoms with van der Waals surface area (Å²) in [6.45, 7) is 4.45. The average molecular weight is 263 g/mol. The molecule has 0 amide bonds. The lowest BCUT2D eigenvalue weighted by Crippen LogP contribution is -2.12. The Labute approximate surface area is 114 Å². The molecular formula is C14H21N3S. The van der Waals surface area contributed by atoms with Crippen LogP contribution in [-0.2, 0) is 0 Å². The summed E-state index contributed by atoms with van der Waals surface area (Å²) < 4.78 is 0. The van der Waals surface area contributed by atoms with Gasteiger partial charge in [0.05, 0.1) is 6.04 Å². The number of thioether (sulfide) groups is 1. The summed E-state index contributed by atoms with van der Waals surface area (Å²) in [5.74, 6) is 1.71. The van der Waals surface area contributed by atoms with Crippen LogP contribution in [0.25, 0.3) is 0 Å². The number of hydrogen-bond acceptors (Lipinski definition) is 4. The van der Waals surface area contributed by atoms with Crippen LogP contribution in [0.1, 0.15) is 13.8 Å². The van der Waals surface area contributed by atoms with Gasteiger partial charge < -0.3 is 10.2 Å². The molecule has 0 saturated heterocycles. The summed E-state index contributed by atoms with van der Waals surface area (Å²) in [4.78, 5) is 6.80. The lowest BCUT2D eigenvalue weighted by molar-refractivity contribution is 0.543. The summed E-state index contributed by atoms with van der Waals surface area (Å²) in [6.07, 6.45) is 0. The largest absolute Gasteiger partial charge is 0.378 e. The van der Waals surface area contributed by atoms with Gasteiger partial charge in [-0.05, 0) is 30.2 Å². The van der Waals surface area contributed by atoms with E-state index in [1.807, 2.05) is 25.9 Å². The minimum atomic E-state index is 0.457. The van der Waals surface area contributed by atoms with Gasteiger partial charge in [-0.1, -0.05) is 25.6 Å². The molecule has 0 aliphatic carbocycles. The van der Waals surface area contributed by atoms with E-state index in [9.17, 15) is 0 Å². The fourth-order valence-corrected chi connectivity index (χ4v) is 2.95. The third-order valence-corrected chi connectivity index (χ3v) is 4.07. The van der Waals surface area contributed by atoms with Crippen molar-refractivity contribution >= 4 is 28.3 Å². The van der Waals surface area contributed by atoms with E-state index in [1.54, 1.807) is 0 Å². The molecule has 2 rings (SSSR count). The lowest BCUT2D eigenvalue weighted by atomic mass is 10.1. The molecule has 4 heteroatoms. The van der Waals surface area contributed by atoms with Crippen molar-refractivity contribution in [2.24, 2.45) is 10.9 Å². The molecule has 1 unspecified atom stereocenters. The zero-order valence-corrected chi connectivity index (χ0v) is 12.3. The van der Waals surface area contributed by atoms with Gasteiger partial charge in [0.25, 0.3) is 0 Å². The molecule has 1 heterocycles. The molecule has 1 atom stereocenters. The number of amidine groups is 1. The Morgan fingerprint density at radius 1 is 1.28 bits per heavy atom. The van der Waals surface area contributed by atoms with E-state index in [1.165, 1.54) is 5.69 Å². The lowest BCUT2D eigenvalue weighted by Gasteiger charge is -2.13. The van der Waals surface area contributed by atoms with Crippen LogP contribution in [-0.4, -0.2) is 31.1 Å². The normalized spacial score (nSPS) is 18.9. The number of nitrogens with zero attached hydrogens (tertiary/aromatic N) is 2. The molecule has 0 aromatic heterocycles. The molecule has 1 aromatic carbocycles. The highest BCUT2D eigenvalue weighted by Gasteiger charge is 2.20. The van der Waals surface area contributed by atoms with Gasteiger partial charge in [0.2, 0.25) is 0 Å². The fraction of sp³-hybridized carbons (Fsp3) is 0.500. The van der Waals surface area contributed by atoms with Crippen LogP contribution in [0.5, 0.6) is 0 Å². The van der Waals surface area contributed by atoms with Gasteiger partial charge in [-0.25, -0.2) is 0 Å². The third kappa shape index (κ3) is 3.19. The van der Waals surface area contributed by atoms with E-state index in [-0.39, 0.29) is 0 Å². The van der Waals surface area contributed by atoms with Gasteiger partial charge in [0, 0.05) is 31.2 Å². The van der Waals surface area contributed by atoms with E-state index in [0.717, 1.165) is 16.6 Å². The van der Waals surface area contributed by atoms with Crippen molar-refractivity contribution < 1.29 is 0 Å². The summed E-state index contributed by atoms with van der Waals surface area (Å²) in [5.41, 5.74) is 2.32. The van der Waals surface area contributed by atoms with Crippen LogP contribution in [0.15, 0.2) is 29.3 Å². The highest BCUT2D eigenvalue weighted by atomic mass is 32.2. The molecule has 1 N–H and O–H groups in total. The van der Waals surface area contributed by atoms with Crippen molar-refractivity contribution in [3.05, 3.63) is 24.3 Å². The van der Waals surface area contributed by atoms with Crippen LogP contribution in [0, 0.1) is 5.92 Å². The van der Waals surface area contributed by atoms with Crippen molar-refractivity contribution in [1.82, 2.24) is 0 Å². The minimum absolute atomic E-state index is 0.457. The molecule has 0 spiro atoms. The number of nitrogens with one attached hydrogen (secondary N) is 1. The first-order valence-corrected chi connectivity index (χ1v) is 7.30. The molecule has 3 nitrogen and oxygen atoms in total. The van der Waals surface area contributed by atoms with Gasteiger partial charge in [0.15, 0.2) is 5.17 Å². The van der Waals surface area contributed by atoms with Crippen molar-refractivity contribution in [2.45, 2.75) is 19.9 Å². The monoisotopic (exact) mass is 263 g/mol. The molecule has 0 saturated carbocycles. The highest BCUT2D eigenvalue weighted by Crippen LogP contribution is 2.25. The third-order valence-electron chi connectivity index (χ3n) is 3.08. The van der Waals surface area contributed by atoms with Crippen molar-refractivity contribution in [2.75, 3.05) is 30.1 Å². The van der Waals surface area contributed by atoms with E-state index < -0.39 is 0 Å². The second-order valence-corrected chi connectivity index (χ2v) is 6.13. The maximum Gasteiger partial charge on any atom is 0.161 e. The van der Waals surface area contributed by atoms with Crippen molar-refractivity contribution in [1.29, 1.82) is 0 Å². The molecule has 1 aliphatic rings. The second-order valence-electron chi connectivity index (χ2n) is 5.12. The van der Waals surface area contributed by atoms with Crippen LogP contribution < -0.4 is 10.2 Å². The summed E-state index contributed by atoms with van der Waals surface area (Å²) in [6, 6.07) is 8.88. The first kappa shape index (κ1) is 13.3. The van der Waals surface area contributed by atoms with Crippen molar-refractivity contribution in [3.63, 3.8) is 0 Å². The number of aliphatic imine (C=N–C) groups is 1. The van der Waals surface area contributed by atoms with Crippen molar-refractivity contribution in [3.8, 4) is 0 Å². The minimum Gasteiger partial charge on any atom is -0.378 e.